The third-order valence-corrected chi connectivity index (χ3v) is 5.89. The molecule has 2 aliphatic rings. The Kier molecular flexibility index (Phi) is 4.94. The molecule has 3 N–H and O–H groups in total. The average Bonchev–Trinajstić information content (AvgIpc) is 3.13. The minimum Gasteiger partial charge on any atom is -0.302 e. The van der Waals surface area contributed by atoms with Crippen LogP contribution in [0.5, 0.6) is 0 Å². The number of aromatic nitrogens is 2. The van der Waals surface area contributed by atoms with E-state index in [0.717, 1.165) is 37.1 Å². The number of nitrogens with zero attached hydrogens (tertiary/aromatic N) is 2. The molecule has 1 saturated carbocycles. The fourth-order valence-corrected chi connectivity index (χ4v) is 4.59. The van der Waals surface area contributed by atoms with E-state index in [-0.39, 0.29) is 29.7 Å². The number of carbonyl (C=O) groups excluding carboxylic acids is 2. The lowest BCUT2D eigenvalue weighted by Gasteiger charge is -2.40. The third kappa shape index (κ3) is 3.61. The first-order valence-electron chi connectivity index (χ1n) is 8.93. The zero-order valence-corrected chi connectivity index (χ0v) is 15.1. The summed E-state index contributed by atoms with van der Waals surface area (Å²) in [6, 6.07) is 5.61. The van der Waals surface area contributed by atoms with Crippen molar-refractivity contribution < 1.29 is 9.59 Å². The number of carbonyl (C=O) groups is 2. The maximum absolute atomic E-state index is 12.5. The van der Waals surface area contributed by atoms with Gasteiger partial charge in [-0.15, -0.1) is 11.3 Å². The first kappa shape index (κ1) is 17.1. The molecule has 3 atom stereocenters. The summed E-state index contributed by atoms with van der Waals surface area (Å²) >= 11 is 1.38. The normalized spacial score (nSPS) is 25.2. The van der Waals surface area contributed by atoms with E-state index in [1.165, 1.54) is 11.3 Å². The van der Waals surface area contributed by atoms with Crippen molar-refractivity contribution in [2.24, 2.45) is 11.8 Å². The summed E-state index contributed by atoms with van der Waals surface area (Å²) in [5.41, 5.74) is 7.30. The van der Waals surface area contributed by atoms with Gasteiger partial charge in [0.05, 0.1) is 5.69 Å². The fraction of sp³-hybridized carbons (Fsp3) is 0.444. The first-order chi connectivity index (χ1) is 12.7. The highest BCUT2D eigenvalue weighted by Gasteiger charge is 2.40. The minimum atomic E-state index is -0.0927. The molecule has 136 valence electrons. The van der Waals surface area contributed by atoms with Crippen LogP contribution >= 0.6 is 11.3 Å². The Bertz CT molecular complexity index is 794. The lowest BCUT2D eigenvalue weighted by Crippen LogP contribution is -2.60. The molecule has 1 aliphatic carbocycles. The standard InChI is InChI=1S/C18H21N5O2S/c24-16(9-14-11-5-1-2-6-12(11)17(25)23-22-14)21-18-20-15(10-26-18)13-7-3-4-8-19-13/h3-4,7-8,10-12,14,22H,1-2,5-6,9H2,(H,23,25)(H,20,21,24). The maximum Gasteiger partial charge on any atom is 0.237 e. The summed E-state index contributed by atoms with van der Waals surface area (Å²) in [7, 11) is 0. The van der Waals surface area contributed by atoms with Gasteiger partial charge in [-0.25, -0.2) is 10.4 Å². The second-order valence-corrected chi connectivity index (χ2v) is 7.66. The van der Waals surface area contributed by atoms with Gasteiger partial charge in [0.2, 0.25) is 11.8 Å². The molecule has 0 bridgehead atoms. The lowest BCUT2D eigenvalue weighted by atomic mass is 9.73. The highest BCUT2D eigenvalue weighted by atomic mass is 32.1. The summed E-state index contributed by atoms with van der Waals surface area (Å²) in [4.78, 5) is 33.2. The molecule has 0 aromatic carbocycles. The van der Waals surface area contributed by atoms with Crippen molar-refractivity contribution in [1.82, 2.24) is 20.8 Å². The zero-order chi connectivity index (χ0) is 17.9. The Morgan fingerprint density at radius 2 is 2.15 bits per heavy atom. The predicted molar refractivity (Wildman–Crippen MR) is 99.1 cm³/mol. The maximum atomic E-state index is 12.5. The molecule has 26 heavy (non-hydrogen) atoms. The Labute approximate surface area is 155 Å². The topological polar surface area (TPSA) is 96.0 Å². The van der Waals surface area contributed by atoms with Crippen LogP contribution in [0.25, 0.3) is 11.4 Å². The van der Waals surface area contributed by atoms with Gasteiger partial charge < -0.3 is 5.32 Å². The van der Waals surface area contributed by atoms with Crippen molar-refractivity contribution in [1.29, 1.82) is 0 Å². The van der Waals surface area contributed by atoms with Gasteiger partial charge in [-0.2, -0.15) is 0 Å². The summed E-state index contributed by atoms with van der Waals surface area (Å²) in [6.07, 6.45) is 6.15. The van der Waals surface area contributed by atoms with E-state index < -0.39 is 0 Å². The van der Waals surface area contributed by atoms with Crippen LogP contribution < -0.4 is 16.2 Å². The fourth-order valence-electron chi connectivity index (χ4n) is 3.87. The van der Waals surface area contributed by atoms with Crippen molar-refractivity contribution in [3.8, 4) is 11.4 Å². The molecular formula is C18H21N5O2S. The average molecular weight is 371 g/mol. The number of anilines is 1. The largest absolute Gasteiger partial charge is 0.302 e. The molecule has 1 saturated heterocycles. The van der Waals surface area contributed by atoms with Gasteiger partial charge in [0.25, 0.3) is 0 Å². The quantitative estimate of drug-likeness (QED) is 0.767. The zero-order valence-electron chi connectivity index (χ0n) is 14.3. The molecular weight excluding hydrogens is 350 g/mol. The summed E-state index contributed by atoms with van der Waals surface area (Å²) < 4.78 is 0. The monoisotopic (exact) mass is 371 g/mol. The van der Waals surface area contributed by atoms with Gasteiger partial charge in [0, 0.05) is 30.0 Å². The van der Waals surface area contributed by atoms with Crippen molar-refractivity contribution >= 4 is 28.3 Å². The number of hydrogen-bond acceptors (Lipinski definition) is 6. The number of hydrogen-bond donors (Lipinski definition) is 3. The van der Waals surface area contributed by atoms with Crippen molar-refractivity contribution in [3.05, 3.63) is 29.8 Å². The molecule has 0 spiro atoms. The van der Waals surface area contributed by atoms with Gasteiger partial charge in [0.1, 0.15) is 5.69 Å². The lowest BCUT2D eigenvalue weighted by molar-refractivity contribution is -0.134. The minimum absolute atomic E-state index is 0.0263. The molecule has 4 rings (SSSR count). The van der Waals surface area contributed by atoms with Gasteiger partial charge >= 0.3 is 0 Å². The van der Waals surface area contributed by atoms with Crippen molar-refractivity contribution in [2.45, 2.75) is 38.1 Å². The van der Waals surface area contributed by atoms with Crippen LogP contribution in [0.1, 0.15) is 32.1 Å². The van der Waals surface area contributed by atoms with Gasteiger partial charge in [-0.3, -0.25) is 20.0 Å². The SMILES string of the molecule is O=C(CC1NNC(=O)C2CCCCC12)Nc1nc(-c2ccccn2)cs1. The smallest absolute Gasteiger partial charge is 0.237 e. The van der Waals surface area contributed by atoms with E-state index in [1.54, 1.807) is 6.20 Å². The molecule has 1 aliphatic heterocycles. The second kappa shape index (κ2) is 7.51. The van der Waals surface area contributed by atoms with Crippen LogP contribution in [0.15, 0.2) is 29.8 Å². The number of amides is 2. The number of hydrazine groups is 1. The Balaban J connectivity index is 1.38. The Morgan fingerprint density at radius 3 is 3.00 bits per heavy atom. The van der Waals surface area contributed by atoms with Gasteiger partial charge in [-0.05, 0) is 30.9 Å². The number of nitrogens with one attached hydrogen (secondary N) is 3. The molecule has 3 unspecified atom stereocenters. The molecule has 2 aromatic heterocycles. The van der Waals surface area contributed by atoms with E-state index in [9.17, 15) is 9.59 Å². The molecule has 3 heterocycles. The van der Waals surface area contributed by atoms with E-state index in [1.807, 2.05) is 23.6 Å². The van der Waals surface area contributed by atoms with E-state index in [0.29, 0.717) is 11.6 Å². The highest BCUT2D eigenvalue weighted by molar-refractivity contribution is 7.14. The predicted octanol–water partition coefficient (Wildman–Crippen LogP) is 2.34. The van der Waals surface area contributed by atoms with Crippen LogP contribution in [0.3, 0.4) is 0 Å². The number of fused-ring (bicyclic) bond motifs is 1. The Morgan fingerprint density at radius 1 is 1.27 bits per heavy atom. The number of pyridine rings is 1. The highest BCUT2D eigenvalue weighted by Crippen LogP contribution is 2.35. The number of thiazole rings is 1. The molecule has 7 nitrogen and oxygen atoms in total. The summed E-state index contributed by atoms with van der Waals surface area (Å²) in [5.74, 6) is 0.221. The molecule has 2 aromatic rings. The van der Waals surface area contributed by atoms with Crippen LogP contribution in [-0.2, 0) is 9.59 Å². The molecule has 2 amide bonds. The van der Waals surface area contributed by atoms with Gasteiger partial charge in [0.15, 0.2) is 5.13 Å². The number of rotatable bonds is 4. The molecule has 2 fully saturated rings. The van der Waals surface area contributed by atoms with E-state index in [4.69, 9.17) is 0 Å². The van der Waals surface area contributed by atoms with E-state index in [2.05, 4.69) is 26.1 Å². The van der Waals surface area contributed by atoms with Gasteiger partial charge in [-0.1, -0.05) is 18.9 Å². The summed E-state index contributed by atoms with van der Waals surface area (Å²) in [6.45, 7) is 0. The van der Waals surface area contributed by atoms with Crippen LogP contribution in [0.4, 0.5) is 5.13 Å². The van der Waals surface area contributed by atoms with E-state index >= 15 is 0 Å². The molecule has 0 radical (unpaired) electrons. The van der Waals surface area contributed by atoms with Crippen molar-refractivity contribution in [2.75, 3.05) is 5.32 Å². The third-order valence-electron chi connectivity index (χ3n) is 5.14. The van der Waals surface area contributed by atoms with Crippen LogP contribution in [0, 0.1) is 11.8 Å². The molecule has 8 heteroatoms. The summed E-state index contributed by atoms with van der Waals surface area (Å²) in [5, 5.41) is 5.32. The van der Waals surface area contributed by atoms with Crippen LogP contribution in [-0.4, -0.2) is 27.8 Å². The first-order valence-corrected chi connectivity index (χ1v) is 9.81. The van der Waals surface area contributed by atoms with Crippen LogP contribution in [0.2, 0.25) is 0 Å². The Hall–Kier alpha value is -2.32. The van der Waals surface area contributed by atoms with Crippen molar-refractivity contribution in [3.63, 3.8) is 0 Å². The second-order valence-electron chi connectivity index (χ2n) is 6.80.